The van der Waals surface area contributed by atoms with Crippen molar-refractivity contribution < 1.29 is 73.0 Å². The molecule has 1 aromatic heterocycles. The molecule has 4 fully saturated rings. The molecule has 4 aliphatic rings. The number of thiophene rings is 1. The molecule has 0 bridgehead atoms. The normalized spacial score (nSPS) is 29.8. The fraction of sp³-hybridized carbons (Fsp3) is 0.569. The van der Waals surface area contributed by atoms with Gasteiger partial charge >= 0.3 is 35.3 Å². The molecule has 18 heteroatoms. The highest BCUT2D eigenvalue weighted by Crippen LogP contribution is 2.69. The van der Waals surface area contributed by atoms with Crippen LogP contribution in [0.2, 0.25) is 0 Å². The number of hydrogen-bond donors (Lipinski definition) is 0. The predicted octanol–water partition coefficient (Wildman–Crippen LogP) is 11.4. The third-order valence-electron chi connectivity index (χ3n) is 15.9. The van der Waals surface area contributed by atoms with Gasteiger partial charge in [-0.15, -0.1) is 0 Å². The molecule has 8 rings (SSSR count). The molecule has 4 aromatic rings. The number of benzene rings is 3. The molecule has 69 heavy (non-hydrogen) atoms. The number of carbonyl (C=O) groups is 4. The molecule has 3 aromatic carbocycles. The van der Waals surface area contributed by atoms with Crippen molar-refractivity contribution in [1.82, 2.24) is 0 Å². The van der Waals surface area contributed by atoms with Crippen molar-refractivity contribution in [2.75, 3.05) is 0 Å². The summed E-state index contributed by atoms with van der Waals surface area (Å²) in [7, 11) is -6.77. The fourth-order valence-corrected chi connectivity index (χ4v) is 15.8. The van der Waals surface area contributed by atoms with Crippen LogP contribution in [0.25, 0.3) is 25.1 Å². The number of halogens is 5. The third-order valence-corrected chi connectivity index (χ3v) is 19.1. The van der Waals surface area contributed by atoms with E-state index in [-0.39, 0.29) is 64.0 Å². The Balaban J connectivity index is 0.000000303. The van der Waals surface area contributed by atoms with Gasteiger partial charge in [0.1, 0.15) is 18.3 Å². The summed E-state index contributed by atoms with van der Waals surface area (Å²) in [6.45, 7) is 9.87. The van der Waals surface area contributed by atoms with E-state index in [0.717, 1.165) is 6.42 Å². The Morgan fingerprint density at radius 2 is 1.32 bits per heavy atom. The van der Waals surface area contributed by atoms with Crippen LogP contribution in [0.5, 0.6) is 0 Å². The summed E-state index contributed by atoms with van der Waals surface area (Å²) >= 11 is 0. The molecule has 0 aliphatic heterocycles. The Hall–Kier alpha value is -4.68. The molecular weight excluding hydrogens is 948 g/mol. The van der Waals surface area contributed by atoms with Crippen LogP contribution in [-0.4, -0.2) is 72.7 Å². The fourth-order valence-electron chi connectivity index (χ4n) is 13.0. The van der Waals surface area contributed by atoms with E-state index in [0.29, 0.717) is 38.5 Å². The summed E-state index contributed by atoms with van der Waals surface area (Å²) in [6.07, 6.45) is -8.73. The van der Waals surface area contributed by atoms with E-state index in [4.69, 9.17) is 14.2 Å². The maximum absolute atomic E-state index is 13.9. The molecule has 0 amide bonds. The SMILES string of the molecule is CC(=O)O[C@@H]1CC[C@@]2(C)[C@@H](C1)C[C@@H](OC(C)=O)[C@@H]1[C@@H]2C[C@H](OC(C)=O)[C@]2(C)[C@@H](C(C)CCC(=O)OC(C(F)(F)F)C(F)(F)S(=O)(=O)[O-])CC[C@@H]12.c1ccc(-[s+]2c3ccccc3c3ccccc32)cc1. The summed E-state index contributed by atoms with van der Waals surface area (Å²) in [5.41, 5.74) is -1.01. The molecule has 4 saturated carbocycles. The molecule has 1 heterocycles. The van der Waals surface area contributed by atoms with Gasteiger partial charge in [-0.3, -0.25) is 19.2 Å². The lowest BCUT2D eigenvalue weighted by molar-refractivity contribution is -0.259. The third kappa shape index (κ3) is 10.3. The van der Waals surface area contributed by atoms with Gasteiger partial charge < -0.3 is 23.5 Å². The number of esters is 4. The zero-order valence-corrected chi connectivity index (χ0v) is 41.0. The van der Waals surface area contributed by atoms with E-state index in [1.54, 1.807) is 6.92 Å². The number of carbonyl (C=O) groups excluding carboxylic acids is 4. The van der Waals surface area contributed by atoms with Crippen LogP contribution in [0.4, 0.5) is 22.0 Å². The van der Waals surface area contributed by atoms with Gasteiger partial charge in [-0.2, -0.15) is 22.0 Å². The van der Waals surface area contributed by atoms with E-state index in [1.165, 1.54) is 45.8 Å². The molecule has 4 aliphatic carbocycles. The maximum Gasteiger partial charge on any atom is 0.432 e. The Morgan fingerprint density at radius 1 is 0.754 bits per heavy atom. The van der Waals surface area contributed by atoms with Gasteiger partial charge in [0, 0.05) is 59.8 Å². The minimum Gasteiger partial charge on any atom is -0.743 e. The second-order valence-electron chi connectivity index (χ2n) is 19.8. The highest BCUT2D eigenvalue weighted by Gasteiger charge is 2.68. The maximum atomic E-state index is 13.9. The van der Waals surface area contributed by atoms with Crippen LogP contribution in [0.1, 0.15) is 99.3 Å². The van der Waals surface area contributed by atoms with E-state index >= 15 is 0 Å². The topological polar surface area (TPSA) is 162 Å². The van der Waals surface area contributed by atoms with Crippen molar-refractivity contribution in [2.45, 2.75) is 135 Å². The van der Waals surface area contributed by atoms with Crippen LogP contribution in [0, 0.1) is 46.3 Å². The van der Waals surface area contributed by atoms with Crippen molar-refractivity contribution in [2.24, 2.45) is 46.3 Å². The van der Waals surface area contributed by atoms with Crippen molar-refractivity contribution in [3.63, 3.8) is 0 Å². The molecule has 0 radical (unpaired) electrons. The highest BCUT2D eigenvalue weighted by atomic mass is 32.2. The molecule has 12 atom stereocenters. The van der Waals surface area contributed by atoms with Crippen molar-refractivity contribution >= 4 is 64.6 Å². The number of fused-ring (bicyclic) bond motifs is 8. The van der Waals surface area contributed by atoms with Crippen LogP contribution in [-0.2, 0) is 48.2 Å². The largest absolute Gasteiger partial charge is 0.743 e. The standard InChI is InChI=1S/C33H47F5O11S.C18H13S/c1-16(7-10-27(42)49-29(32(34,35)36)33(37,38)50(43,44)45)22-8-9-23-28-24(15-26(31(22,23)6)48-19(4)41)30(5)12-11-21(46-17(2)39)13-20(30)14-25(28)47-18(3)40;1-2-8-14(9-3-1)19-17-12-6-4-10-15(17)16-11-5-7-13-18(16)19/h16,20-26,28-29H,7-15H2,1-6H3,(H,43,44,45);1-13H/q;+1/p-1/t16?,20-,21+,22+,23-,24-,25+,26-,28-,29?,30-,31+;/m0./s1. The van der Waals surface area contributed by atoms with Gasteiger partial charge in [0.15, 0.2) is 24.4 Å². The number of alkyl halides is 5. The molecule has 0 spiro atoms. The van der Waals surface area contributed by atoms with Crippen molar-refractivity contribution in [3.8, 4) is 4.90 Å². The van der Waals surface area contributed by atoms with E-state index in [2.05, 4.69) is 90.5 Å². The number of rotatable bonds is 11. The van der Waals surface area contributed by atoms with Crippen LogP contribution in [0.15, 0.2) is 78.9 Å². The zero-order chi connectivity index (χ0) is 50.4. The van der Waals surface area contributed by atoms with Gasteiger partial charge in [0.2, 0.25) is 0 Å². The van der Waals surface area contributed by atoms with Crippen molar-refractivity contribution in [1.29, 1.82) is 0 Å². The second-order valence-corrected chi connectivity index (χ2v) is 23.2. The first-order valence-electron chi connectivity index (χ1n) is 23.4. The molecule has 0 N–H and O–H groups in total. The molecule has 11 nitrogen and oxygen atoms in total. The van der Waals surface area contributed by atoms with Crippen molar-refractivity contribution in [3.05, 3.63) is 78.9 Å². The zero-order valence-electron chi connectivity index (χ0n) is 39.3. The van der Waals surface area contributed by atoms with Gasteiger partial charge in [-0.1, -0.05) is 63.2 Å². The van der Waals surface area contributed by atoms with E-state index < -0.39 is 75.5 Å². The van der Waals surface area contributed by atoms with E-state index in [9.17, 15) is 54.1 Å². The van der Waals surface area contributed by atoms with Crippen LogP contribution >= 0.6 is 10.5 Å². The predicted molar refractivity (Wildman–Crippen MR) is 247 cm³/mol. The second kappa shape index (κ2) is 19.8. The van der Waals surface area contributed by atoms with Gasteiger partial charge in [-0.05, 0) is 123 Å². The first kappa shape index (κ1) is 52.2. The summed E-state index contributed by atoms with van der Waals surface area (Å²) in [5, 5.41) is -3.15. The number of hydrogen-bond acceptors (Lipinski definition) is 11. The smallest absolute Gasteiger partial charge is 0.432 e. The van der Waals surface area contributed by atoms with Crippen LogP contribution < -0.4 is 0 Å². The summed E-state index contributed by atoms with van der Waals surface area (Å²) < 4.78 is 125. The molecular formula is C51H59F5O11S2. The average Bonchev–Trinajstić information content (AvgIpc) is 3.80. The highest BCUT2D eigenvalue weighted by molar-refractivity contribution is 7.86. The minimum absolute atomic E-state index is 0.0418. The summed E-state index contributed by atoms with van der Waals surface area (Å²) in [5.74, 6) is -4.13. The summed E-state index contributed by atoms with van der Waals surface area (Å²) in [6, 6.07) is 28.4. The first-order valence-corrected chi connectivity index (χ1v) is 26.0. The quantitative estimate of drug-likeness (QED) is 0.0462. The molecule has 2 unspecified atom stereocenters. The summed E-state index contributed by atoms with van der Waals surface area (Å²) in [4.78, 5) is 50.6. The molecule has 376 valence electrons. The van der Waals surface area contributed by atoms with Crippen LogP contribution in [0.3, 0.4) is 0 Å². The Morgan fingerprint density at radius 3 is 1.87 bits per heavy atom. The minimum atomic E-state index is -6.83. The van der Waals surface area contributed by atoms with E-state index in [1.807, 2.05) is 6.92 Å². The van der Waals surface area contributed by atoms with Gasteiger partial charge in [0.25, 0.3) is 6.10 Å². The van der Waals surface area contributed by atoms with Gasteiger partial charge in [-0.25, -0.2) is 8.42 Å². The Bertz CT molecular complexity index is 2600. The van der Waals surface area contributed by atoms with Gasteiger partial charge in [0.05, 0.1) is 0 Å². The Labute approximate surface area is 401 Å². The Kier molecular flexibility index (Phi) is 15.0. The monoisotopic (exact) mass is 1010 g/mol. The lowest BCUT2D eigenvalue weighted by Gasteiger charge is -2.64. The lowest BCUT2D eigenvalue weighted by Crippen LogP contribution is -2.63. The first-order chi connectivity index (χ1) is 32.3. The lowest BCUT2D eigenvalue weighted by atomic mass is 9.43. The average molecular weight is 1010 g/mol. The molecule has 0 saturated heterocycles. The number of ether oxygens (including phenoxy) is 4.